The highest BCUT2D eigenvalue weighted by molar-refractivity contribution is 7.07. The third-order valence-corrected chi connectivity index (χ3v) is 6.35. The van der Waals surface area contributed by atoms with Crippen LogP contribution in [-0.4, -0.2) is 30.2 Å². The highest BCUT2D eigenvalue weighted by Crippen LogP contribution is 2.31. The second kappa shape index (κ2) is 10.1. The van der Waals surface area contributed by atoms with Gasteiger partial charge < -0.3 is 14.2 Å². The van der Waals surface area contributed by atoms with Gasteiger partial charge in [-0.05, 0) is 43.2 Å². The number of carbonyl (C=O) groups excluding carboxylic acids is 2. The van der Waals surface area contributed by atoms with Gasteiger partial charge in [0.2, 0.25) is 0 Å². The Labute approximate surface area is 205 Å². The first-order valence-corrected chi connectivity index (χ1v) is 11.8. The standard InChI is InChI=1S/C26H24N2O6S/c1-5-33-25(31)22-15(2)27-26-28(23(22)18-9-7-6-8-10-18)24(30)21(35-26)14-17-11-12-19(34-16(3)29)20(13-17)32-4/h6-14,23H,5H2,1-4H3/t23-/m1/s1. The molecule has 1 aliphatic heterocycles. The molecule has 4 rings (SSSR count). The molecule has 0 amide bonds. The van der Waals surface area contributed by atoms with Crippen LogP contribution >= 0.6 is 11.3 Å². The van der Waals surface area contributed by atoms with Gasteiger partial charge >= 0.3 is 11.9 Å². The van der Waals surface area contributed by atoms with Crippen molar-refractivity contribution in [1.82, 2.24) is 4.57 Å². The predicted octanol–water partition coefficient (Wildman–Crippen LogP) is 2.73. The summed E-state index contributed by atoms with van der Waals surface area (Å²) in [6.07, 6.45) is 1.72. The highest BCUT2D eigenvalue weighted by Gasteiger charge is 2.33. The number of nitrogens with zero attached hydrogens (tertiary/aromatic N) is 2. The van der Waals surface area contributed by atoms with Crippen LogP contribution in [0, 0.1) is 0 Å². The van der Waals surface area contributed by atoms with Crippen molar-refractivity contribution >= 4 is 29.4 Å². The molecular weight excluding hydrogens is 468 g/mol. The minimum absolute atomic E-state index is 0.215. The second-order valence-electron chi connectivity index (χ2n) is 7.72. The number of methoxy groups -OCH3 is 1. The minimum atomic E-state index is -0.658. The number of esters is 2. The van der Waals surface area contributed by atoms with E-state index in [1.165, 1.54) is 29.9 Å². The first kappa shape index (κ1) is 24.2. The van der Waals surface area contributed by atoms with E-state index < -0.39 is 18.0 Å². The number of ether oxygens (including phenoxy) is 3. The smallest absolute Gasteiger partial charge is 0.338 e. The van der Waals surface area contributed by atoms with Crippen LogP contribution in [0.3, 0.4) is 0 Å². The molecule has 2 aromatic carbocycles. The van der Waals surface area contributed by atoms with E-state index in [-0.39, 0.29) is 17.9 Å². The number of rotatable bonds is 6. The molecule has 180 valence electrons. The van der Waals surface area contributed by atoms with Crippen molar-refractivity contribution in [2.45, 2.75) is 26.8 Å². The number of allylic oxidation sites excluding steroid dienone is 1. The molecule has 3 aromatic rings. The number of hydrogen-bond acceptors (Lipinski definition) is 8. The summed E-state index contributed by atoms with van der Waals surface area (Å²) in [6.45, 7) is 5.01. The summed E-state index contributed by atoms with van der Waals surface area (Å²) in [5.41, 5.74) is 2.03. The van der Waals surface area contributed by atoms with Gasteiger partial charge in [-0.25, -0.2) is 9.79 Å². The Morgan fingerprint density at radius 1 is 1.14 bits per heavy atom. The summed E-state index contributed by atoms with van der Waals surface area (Å²) < 4.78 is 17.8. The molecule has 0 N–H and O–H groups in total. The molecule has 8 nitrogen and oxygen atoms in total. The molecule has 35 heavy (non-hydrogen) atoms. The van der Waals surface area contributed by atoms with Crippen molar-refractivity contribution in [2.24, 2.45) is 4.99 Å². The van der Waals surface area contributed by atoms with E-state index in [0.717, 1.165) is 5.56 Å². The molecule has 9 heteroatoms. The Bertz CT molecular complexity index is 1500. The average molecular weight is 493 g/mol. The van der Waals surface area contributed by atoms with E-state index in [1.54, 1.807) is 38.1 Å². The molecule has 0 saturated heterocycles. The zero-order chi connectivity index (χ0) is 25.1. The lowest BCUT2D eigenvalue weighted by Crippen LogP contribution is -2.39. The van der Waals surface area contributed by atoms with Crippen LogP contribution in [0.2, 0.25) is 0 Å². The van der Waals surface area contributed by atoms with Crippen LogP contribution in [-0.2, 0) is 14.3 Å². The van der Waals surface area contributed by atoms with Crippen molar-refractivity contribution in [3.63, 3.8) is 0 Å². The van der Waals surface area contributed by atoms with Crippen LogP contribution in [0.25, 0.3) is 6.08 Å². The van der Waals surface area contributed by atoms with E-state index in [9.17, 15) is 14.4 Å². The molecular formula is C26H24N2O6S. The van der Waals surface area contributed by atoms with Crippen LogP contribution in [0.5, 0.6) is 11.5 Å². The van der Waals surface area contributed by atoms with Gasteiger partial charge in [0.05, 0.1) is 35.6 Å². The monoisotopic (exact) mass is 492 g/mol. The number of hydrogen-bond donors (Lipinski definition) is 0. The molecule has 1 atom stereocenters. The van der Waals surface area contributed by atoms with Crippen molar-refractivity contribution in [3.8, 4) is 11.5 Å². The van der Waals surface area contributed by atoms with E-state index in [0.29, 0.717) is 31.9 Å². The number of carbonyl (C=O) groups is 2. The summed E-state index contributed by atoms with van der Waals surface area (Å²) >= 11 is 1.23. The van der Waals surface area contributed by atoms with E-state index in [1.807, 2.05) is 30.3 Å². The van der Waals surface area contributed by atoms with Crippen molar-refractivity contribution in [3.05, 3.63) is 90.6 Å². The number of aromatic nitrogens is 1. The van der Waals surface area contributed by atoms with Crippen molar-refractivity contribution in [1.29, 1.82) is 0 Å². The molecule has 0 spiro atoms. The molecule has 0 fully saturated rings. The molecule has 0 bridgehead atoms. The quantitative estimate of drug-likeness (QED) is 0.388. The Morgan fingerprint density at radius 3 is 2.54 bits per heavy atom. The van der Waals surface area contributed by atoms with Crippen molar-refractivity contribution in [2.75, 3.05) is 13.7 Å². The first-order valence-electron chi connectivity index (χ1n) is 10.9. The summed E-state index contributed by atoms with van der Waals surface area (Å²) in [6, 6.07) is 13.7. The number of thiazole rings is 1. The Balaban J connectivity index is 1.88. The largest absolute Gasteiger partial charge is 0.493 e. The van der Waals surface area contributed by atoms with Crippen LogP contribution in [0.4, 0.5) is 0 Å². The molecule has 1 aromatic heterocycles. The number of fused-ring (bicyclic) bond motifs is 1. The van der Waals surface area contributed by atoms with Gasteiger partial charge in [0.15, 0.2) is 16.3 Å². The minimum Gasteiger partial charge on any atom is -0.493 e. The summed E-state index contributed by atoms with van der Waals surface area (Å²) in [5.74, 6) is -0.303. The van der Waals surface area contributed by atoms with E-state index in [2.05, 4.69) is 4.99 Å². The summed E-state index contributed by atoms with van der Waals surface area (Å²) in [4.78, 5) is 42.9. The zero-order valence-electron chi connectivity index (χ0n) is 19.7. The lowest BCUT2D eigenvalue weighted by molar-refractivity contribution is -0.139. The van der Waals surface area contributed by atoms with Gasteiger partial charge in [0.25, 0.3) is 5.56 Å². The van der Waals surface area contributed by atoms with Crippen molar-refractivity contribution < 1.29 is 23.8 Å². The second-order valence-corrected chi connectivity index (χ2v) is 8.73. The fourth-order valence-electron chi connectivity index (χ4n) is 3.91. The van der Waals surface area contributed by atoms with Crippen LogP contribution in [0.15, 0.2) is 69.6 Å². The third kappa shape index (κ3) is 4.81. The lowest BCUT2D eigenvalue weighted by Gasteiger charge is -2.24. The van der Waals surface area contributed by atoms with Gasteiger partial charge in [0.1, 0.15) is 0 Å². The molecule has 0 saturated carbocycles. The van der Waals surface area contributed by atoms with Gasteiger partial charge in [-0.15, -0.1) is 0 Å². The van der Waals surface area contributed by atoms with Gasteiger partial charge in [-0.3, -0.25) is 14.2 Å². The highest BCUT2D eigenvalue weighted by atomic mass is 32.1. The van der Waals surface area contributed by atoms with E-state index >= 15 is 0 Å². The summed E-state index contributed by atoms with van der Waals surface area (Å²) in [5, 5.41) is 0. The molecule has 2 heterocycles. The molecule has 0 aliphatic carbocycles. The summed E-state index contributed by atoms with van der Waals surface area (Å²) in [7, 11) is 1.47. The Kier molecular flexibility index (Phi) is 6.97. The predicted molar refractivity (Wildman–Crippen MR) is 131 cm³/mol. The Hall–Kier alpha value is -3.98. The first-order chi connectivity index (χ1) is 16.8. The maximum atomic E-state index is 13.6. The van der Waals surface area contributed by atoms with Crippen LogP contribution in [0.1, 0.15) is 37.9 Å². The number of benzene rings is 2. The molecule has 1 aliphatic rings. The topological polar surface area (TPSA) is 96.2 Å². The SMILES string of the molecule is CCOC(=O)C1=C(C)N=c2sc(=Cc3ccc(OC(C)=O)c(OC)c3)c(=O)n2[C@@H]1c1ccccc1. The van der Waals surface area contributed by atoms with E-state index in [4.69, 9.17) is 14.2 Å². The maximum absolute atomic E-state index is 13.6. The lowest BCUT2D eigenvalue weighted by atomic mass is 9.96. The normalized spacial score (nSPS) is 15.3. The molecule has 0 radical (unpaired) electrons. The van der Waals surface area contributed by atoms with Gasteiger partial charge in [-0.2, -0.15) is 0 Å². The third-order valence-electron chi connectivity index (χ3n) is 5.37. The molecule has 0 unspecified atom stereocenters. The Morgan fingerprint density at radius 2 is 1.89 bits per heavy atom. The fraction of sp³-hybridized carbons (Fsp3) is 0.231. The maximum Gasteiger partial charge on any atom is 0.338 e. The van der Waals surface area contributed by atoms with Gasteiger partial charge in [0, 0.05) is 6.92 Å². The van der Waals surface area contributed by atoms with Crippen LogP contribution < -0.4 is 24.4 Å². The zero-order valence-corrected chi connectivity index (χ0v) is 20.5. The average Bonchev–Trinajstić information content (AvgIpc) is 3.13. The van der Waals surface area contributed by atoms with Gasteiger partial charge in [-0.1, -0.05) is 47.7 Å². The fourth-order valence-corrected chi connectivity index (χ4v) is 4.95.